The molecule has 10 aromatic rings. The zero-order valence-electron chi connectivity index (χ0n) is 34.0. The van der Waals surface area contributed by atoms with Crippen molar-refractivity contribution in [2.24, 2.45) is 0 Å². The van der Waals surface area contributed by atoms with Crippen LogP contribution in [0.1, 0.15) is 5.56 Å². The second-order valence-electron chi connectivity index (χ2n) is 15.0. The van der Waals surface area contributed by atoms with E-state index in [-0.39, 0.29) is 0 Å². The standard InChI is InChI=1S/C55H37N7Si/c56-38-44-34-35-48(37-49(44)55-61-52(41-24-11-3-12-25-41)58-53(62-55)42-26-13-4-14-27-42)63(45-29-15-5-16-30-45,46-31-17-6-18-32-46)47-33-19-28-43(36-47)54-59-50(39-20-7-1-8-21-39)57-51(60-54)40-22-9-2-10-23-40/h1-37H. The lowest BCUT2D eigenvalue weighted by molar-refractivity contribution is 1.07. The Kier molecular flexibility index (Phi) is 10.6. The number of hydrogen-bond acceptors (Lipinski definition) is 7. The van der Waals surface area contributed by atoms with Crippen molar-refractivity contribution in [3.05, 3.63) is 230 Å². The summed E-state index contributed by atoms with van der Waals surface area (Å²) in [6, 6.07) is 78.5. The molecule has 0 saturated carbocycles. The lowest BCUT2D eigenvalue weighted by Gasteiger charge is -2.35. The predicted molar refractivity (Wildman–Crippen MR) is 254 cm³/mol. The van der Waals surface area contributed by atoms with E-state index in [2.05, 4.69) is 103 Å². The average molecular weight is 824 g/mol. The minimum absolute atomic E-state index is 0.422. The Hall–Kier alpha value is -8.51. The SMILES string of the molecule is N#Cc1ccc([Si](c2ccccc2)(c2ccccc2)c2cccc(-c3nc(-c4ccccc4)nc(-c4ccccc4)n3)c2)cc1-c1nc(-c2ccccc2)nc(-c2ccccc2)n1. The van der Waals surface area contributed by atoms with Gasteiger partial charge in [0.1, 0.15) is 0 Å². The maximum Gasteiger partial charge on any atom is 0.179 e. The minimum atomic E-state index is -3.23. The molecule has 63 heavy (non-hydrogen) atoms. The fourth-order valence-electron chi connectivity index (χ4n) is 8.19. The van der Waals surface area contributed by atoms with E-state index in [1.807, 2.05) is 127 Å². The molecule has 296 valence electrons. The Morgan fingerprint density at radius 3 is 1.00 bits per heavy atom. The lowest BCUT2D eigenvalue weighted by Crippen LogP contribution is -2.74. The molecule has 0 radical (unpaired) electrons. The molecule has 0 amide bonds. The van der Waals surface area contributed by atoms with E-state index in [1.165, 1.54) is 10.4 Å². The van der Waals surface area contributed by atoms with Gasteiger partial charge in [-0.3, -0.25) is 0 Å². The van der Waals surface area contributed by atoms with Crippen molar-refractivity contribution in [2.75, 3.05) is 0 Å². The van der Waals surface area contributed by atoms with Gasteiger partial charge in [0.15, 0.2) is 43.0 Å². The maximum absolute atomic E-state index is 10.7. The summed E-state index contributed by atoms with van der Waals surface area (Å²) >= 11 is 0. The van der Waals surface area contributed by atoms with Crippen LogP contribution in [0.5, 0.6) is 0 Å². The molecule has 0 spiro atoms. The van der Waals surface area contributed by atoms with Crippen molar-refractivity contribution >= 4 is 28.8 Å². The molecule has 0 unspecified atom stereocenters. The van der Waals surface area contributed by atoms with Crippen molar-refractivity contribution in [1.29, 1.82) is 5.26 Å². The number of rotatable bonds is 10. The fraction of sp³-hybridized carbons (Fsp3) is 0. The Balaban J connectivity index is 1.22. The summed E-state index contributed by atoms with van der Waals surface area (Å²) in [5.74, 6) is 3.24. The number of nitrogens with zero attached hydrogens (tertiary/aromatic N) is 7. The quantitative estimate of drug-likeness (QED) is 0.100. The summed E-state index contributed by atoms with van der Waals surface area (Å²) in [6.07, 6.45) is 0. The average Bonchev–Trinajstić information content (AvgIpc) is 3.38. The first kappa shape index (κ1) is 38.7. The maximum atomic E-state index is 10.7. The van der Waals surface area contributed by atoms with Crippen LogP contribution in [0.25, 0.3) is 68.3 Å². The Morgan fingerprint density at radius 1 is 0.286 bits per heavy atom. The molecule has 7 nitrogen and oxygen atoms in total. The van der Waals surface area contributed by atoms with Gasteiger partial charge in [0.25, 0.3) is 0 Å². The van der Waals surface area contributed by atoms with E-state index < -0.39 is 8.07 Å². The van der Waals surface area contributed by atoms with Gasteiger partial charge >= 0.3 is 0 Å². The highest BCUT2D eigenvalue weighted by Crippen LogP contribution is 2.28. The van der Waals surface area contributed by atoms with E-state index in [1.54, 1.807) is 0 Å². The summed E-state index contributed by atoms with van der Waals surface area (Å²) in [4.78, 5) is 30.3. The van der Waals surface area contributed by atoms with Crippen LogP contribution in [-0.4, -0.2) is 38.0 Å². The molecule has 8 heteroatoms. The summed E-state index contributed by atoms with van der Waals surface area (Å²) in [6.45, 7) is 0. The van der Waals surface area contributed by atoms with Gasteiger partial charge in [0.05, 0.1) is 11.6 Å². The Morgan fingerprint density at radius 2 is 0.603 bits per heavy atom. The molecule has 2 heterocycles. The normalized spacial score (nSPS) is 11.2. The van der Waals surface area contributed by atoms with Gasteiger partial charge in [-0.15, -0.1) is 0 Å². The molecular weight excluding hydrogens is 787 g/mol. The Bertz CT molecular complexity index is 3060. The number of benzene rings is 8. The van der Waals surface area contributed by atoms with Crippen LogP contribution < -0.4 is 20.7 Å². The van der Waals surface area contributed by atoms with Crippen LogP contribution in [0.15, 0.2) is 224 Å². The van der Waals surface area contributed by atoms with Crippen LogP contribution in [0.4, 0.5) is 0 Å². The van der Waals surface area contributed by atoms with Crippen molar-refractivity contribution in [1.82, 2.24) is 29.9 Å². The van der Waals surface area contributed by atoms with Gasteiger partial charge < -0.3 is 0 Å². The number of hydrogen-bond donors (Lipinski definition) is 0. The van der Waals surface area contributed by atoms with Gasteiger partial charge in [-0.1, -0.05) is 212 Å². The van der Waals surface area contributed by atoms with E-state index in [4.69, 9.17) is 29.9 Å². The van der Waals surface area contributed by atoms with Gasteiger partial charge in [-0.2, -0.15) is 5.26 Å². The molecule has 2 aromatic heterocycles. The van der Waals surface area contributed by atoms with Crippen molar-refractivity contribution in [3.8, 4) is 74.4 Å². The predicted octanol–water partition coefficient (Wildman–Crippen LogP) is 9.31. The lowest BCUT2D eigenvalue weighted by atomic mass is 10.1. The molecule has 0 N–H and O–H groups in total. The zero-order chi connectivity index (χ0) is 42.4. The third-order valence-electron chi connectivity index (χ3n) is 11.2. The fourth-order valence-corrected chi connectivity index (χ4v) is 13.0. The van der Waals surface area contributed by atoms with Gasteiger partial charge in [0.2, 0.25) is 0 Å². The van der Waals surface area contributed by atoms with E-state index in [0.29, 0.717) is 46.1 Å². The van der Waals surface area contributed by atoms with Crippen molar-refractivity contribution in [3.63, 3.8) is 0 Å². The second-order valence-corrected chi connectivity index (χ2v) is 18.8. The first-order valence-electron chi connectivity index (χ1n) is 20.7. The summed E-state index contributed by atoms with van der Waals surface area (Å²) in [5, 5.41) is 15.2. The first-order valence-corrected chi connectivity index (χ1v) is 22.7. The van der Waals surface area contributed by atoms with Crippen LogP contribution in [-0.2, 0) is 0 Å². The van der Waals surface area contributed by atoms with E-state index in [0.717, 1.165) is 38.2 Å². The molecule has 8 aromatic carbocycles. The molecule has 10 rings (SSSR count). The van der Waals surface area contributed by atoms with E-state index >= 15 is 0 Å². The molecule has 0 atom stereocenters. The van der Waals surface area contributed by atoms with Gasteiger partial charge in [-0.25, -0.2) is 29.9 Å². The largest absolute Gasteiger partial charge is 0.208 e. The third-order valence-corrected chi connectivity index (χ3v) is 15.9. The third kappa shape index (κ3) is 7.61. The van der Waals surface area contributed by atoms with Crippen LogP contribution in [0.3, 0.4) is 0 Å². The molecule has 0 aliphatic heterocycles. The molecule has 0 aliphatic carbocycles. The smallest absolute Gasteiger partial charge is 0.179 e. The van der Waals surface area contributed by atoms with Gasteiger partial charge in [0, 0.05) is 33.4 Å². The van der Waals surface area contributed by atoms with Gasteiger partial charge in [-0.05, 0) is 32.9 Å². The highest BCUT2D eigenvalue weighted by molar-refractivity contribution is 7.20. The van der Waals surface area contributed by atoms with Crippen LogP contribution in [0.2, 0.25) is 0 Å². The van der Waals surface area contributed by atoms with E-state index in [9.17, 15) is 5.26 Å². The van der Waals surface area contributed by atoms with Crippen molar-refractivity contribution in [2.45, 2.75) is 0 Å². The molecular formula is C55H37N7Si. The van der Waals surface area contributed by atoms with Crippen LogP contribution in [0, 0.1) is 11.3 Å². The summed E-state index contributed by atoms with van der Waals surface area (Å²) in [7, 11) is -3.23. The summed E-state index contributed by atoms with van der Waals surface area (Å²) in [5.41, 5.74) is 5.47. The zero-order valence-corrected chi connectivity index (χ0v) is 35.0. The molecule has 0 fully saturated rings. The summed E-state index contributed by atoms with van der Waals surface area (Å²) < 4.78 is 0. The van der Waals surface area contributed by atoms with Crippen molar-refractivity contribution < 1.29 is 0 Å². The molecule has 0 saturated heterocycles. The second kappa shape index (κ2) is 17.2. The number of nitriles is 1. The Labute approximate surface area is 366 Å². The number of aromatic nitrogens is 6. The highest BCUT2D eigenvalue weighted by Gasteiger charge is 2.42. The highest BCUT2D eigenvalue weighted by atomic mass is 28.3. The van der Waals surface area contributed by atoms with Crippen LogP contribution >= 0.6 is 0 Å². The minimum Gasteiger partial charge on any atom is -0.208 e. The molecule has 0 bridgehead atoms. The molecule has 0 aliphatic rings. The first-order chi connectivity index (χ1) is 31.2. The monoisotopic (exact) mass is 823 g/mol. The topological polar surface area (TPSA) is 101 Å².